The van der Waals surface area contributed by atoms with Gasteiger partial charge in [-0.1, -0.05) is 0 Å². The summed E-state index contributed by atoms with van der Waals surface area (Å²) in [7, 11) is 3.15. The zero-order valence-corrected chi connectivity index (χ0v) is 13.3. The van der Waals surface area contributed by atoms with E-state index in [1.165, 1.54) is 4.90 Å². The molecule has 0 spiro atoms. The maximum absolute atomic E-state index is 12.0. The molecule has 6 heteroatoms. The van der Waals surface area contributed by atoms with E-state index in [1.54, 1.807) is 20.2 Å². The molecule has 0 saturated carbocycles. The first-order valence-electron chi connectivity index (χ1n) is 7.09. The summed E-state index contributed by atoms with van der Waals surface area (Å²) in [4.78, 5) is 28.6. The maximum atomic E-state index is 12.0. The van der Waals surface area contributed by atoms with E-state index in [-0.39, 0.29) is 6.10 Å². The van der Waals surface area contributed by atoms with Gasteiger partial charge in [0, 0.05) is 43.0 Å². The molecule has 0 radical (unpaired) electrons. The number of amides is 2. The van der Waals surface area contributed by atoms with E-state index in [2.05, 4.69) is 10.3 Å². The molecule has 2 amide bonds. The van der Waals surface area contributed by atoms with Crippen molar-refractivity contribution in [3.63, 3.8) is 0 Å². The minimum absolute atomic E-state index is 0.124. The molecule has 0 bridgehead atoms. The smallest absolute Gasteiger partial charge is 0.313 e. The molecular formula is C16H21N3O3. The van der Waals surface area contributed by atoms with Crippen molar-refractivity contribution in [3.8, 4) is 0 Å². The zero-order valence-electron chi connectivity index (χ0n) is 13.3. The van der Waals surface area contributed by atoms with Gasteiger partial charge in [-0.15, -0.1) is 0 Å². The zero-order chi connectivity index (χ0) is 16.3. The fourth-order valence-electron chi connectivity index (χ4n) is 2.26. The van der Waals surface area contributed by atoms with Crippen LogP contribution in [0.15, 0.2) is 24.3 Å². The topological polar surface area (TPSA) is 74.4 Å². The Morgan fingerprint density at radius 2 is 2.09 bits per heavy atom. The van der Waals surface area contributed by atoms with Gasteiger partial charge in [0.2, 0.25) is 0 Å². The minimum atomic E-state index is -0.655. The van der Waals surface area contributed by atoms with Crippen molar-refractivity contribution >= 4 is 28.4 Å². The number of hydrogen-bond acceptors (Lipinski definition) is 3. The van der Waals surface area contributed by atoms with Crippen molar-refractivity contribution in [2.75, 3.05) is 26.0 Å². The fourth-order valence-corrected chi connectivity index (χ4v) is 2.26. The van der Waals surface area contributed by atoms with E-state index in [0.29, 0.717) is 12.2 Å². The number of nitrogens with one attached hydrogen (secondary N) is 2. The molecule has 1 atom stereocenters. The fraction of sp³-hybridized carbons (Fsp3) is 0.375. The van der Waals surface area contributed by atoms with Crippen LogP contribution in [0.25, 0.3) is 10.9 Å². The van der Waals surface area contributed by atoms with Crippen LogP contribution in [0.4, 0.5) is 5.69 Å². The number of ether oxygens (including phenoxy) is 1. The van der Waals surface area contributed by atoms with E-state index in [4.69, 9.17) is 4.74 Å². The summed E-state index contributed by atoms with van der Waals surface area (Å²) in [6.45, 7) is 4.16. The van der Waals surface area contributed by atoms with E-state index < -0.39 is 11.8 Å². The minimum Gasteiger partial charge on any atom is -0.380 e. The Kier molecular flexibility index (Phi) is 4.82. The number of likely N-dealkylation sites (N-methyl/N-ethyl adjacent to an activating group) is 1. The molecule has 1 heterocycles. The molecule has 0 aliphatic rings. The SMILES string of the molecule is COC(C)CN(C)C(=O)C(=O)Nc1ccc2[nH]c(C)cc2c1. The predicted octanol–water partition coefficient (Wildman–Crippen LogP) is 1.91. The van der Waals surface area contributed by atoms with Gasteiger partial charge in [0.05, 0.1) is 6.10 Å². The number of aromatic amines is 1. The van der Waals surface area contributed by atoms with E-state index in [1.807, 2.05) is 32.0 Å². The first-order valence-corrected chi connectivity index (χ1v) is 7.09. The van der Waals surface area contributed by atoms with Crippen LogP contribution < -0.4 is 5.32 Å². The van der Waals surface area contributed by atoms with Crippen LogP contribution in [0.5, 0.6) is 0 Å². The average molecular weight is 303 g/mol. The van der Waals surface area contributed by atoms with Gasteiger partial charge in [-0.2, -0.15) is 0 Å². The lowest BCUT2D eigenvalue weighted by Gasteiger charge is -2.20. The number of nitrogens with zero attached hydrogens (tertiary/aromatic N) is 1. The number of H-pyrrole nitrogens is 1. The number of rotatable bonds is 4. The van der Waals surface area contributed by atoms with Gasteiger partial charge in [0.25, 0.3) is 0 Å². The highest BCUT2D eigenvalue weighted by molar-refractivity contribution is 6.39. The van der Waals surface area contributed by atoms with Crippen LogP contribution in [0.2, 0.25) is 0 Å². The maximum Gasteiger partial charge on any atom is 0.313 e. The van der Waals surface area contributed by atoms with Gasteiger partial charge in [-0.05, 0) is 38.1 Å². The van der Waals surface area contributed by atoms with Crippen molar-refractivity contribution in [1.29, 1.82) is 0 Å². The predicted molar refractivity (Wildman–Crippen MR) is 85.8 cm³/mol. The normalized spacial score (nSPS) is 12.2. The van der Waals surface area contributed by atoms with Gasteiger partial charge >= 0.3 is 11.8 Å². The number of hydrogen-bond donors (Lipinski definition) is 2. The van der Waals surface area contributed by atoms with Crippen LogP contribution in [-0.4, -0.2) is 48.5 Å². The largest absolute Gasteiger partial charge is 0.380 e. The number of fused-ring (bicyclic) bond motifs is 1. The van der Waals surface area contributed by atoms with Gasteiger partial charge < -0.3 is 19.9 Å². The van der Waals surface area contributed by atoms with Crippen LogP contribution in [-0.2, 0) is 14.3 Å². The Morgan fingerprint density at radius 1 is 1.36 bits per heavy atom. The molecule has 6 nitrogen and oxygen atoms in total. The standard InChI is InChI=1S/C16H21N3O3/c1-10-7-12-8-13(5-6-14(12)17-10)18-15(20)16(21)19(3)9-11(2)22-4/h5-8,11,17H,9H2,1-4H3,(H,18,20). The molecule has 2 aromatic rings. The highest BCUT2D eigenvalue weighted by atomic mass is 16.5. The lowest BCUT2D eigenvalue weighted by atomic mass is 10.2. The Bertz CT molecular complexity index is 693. The third-order valence-electron chi connectivity index (χ3n) is 3.49. The summed E-state index contributed by atoms with van der Waals surface area (Å²) in [6, 6.07) is 7.46. The second-order valence-electron chi connectivity index (χ2n) is 5.44. The van der Waals surface area contributed by atoms with Crippen LogP contribution in [0, 0.1) is 6.92 Å². The molecule has 118 valence electrons. The summed E-state index contributed by atoms with van der Waals surface area (Å²) < 4.78 is 5.09. The highest BCUT2D eigenvalue weighted by Crippen LogP contribution is 2.19. The van der Waals surface area contributed by atoms with Crippen molar-refractivity contribution in [3.05, 3.63) is 30.0 Å². The second kappa shape index (κ2) is 6.62. The van der Waals surface area contributed by atoms with Crippen LogP contribution >= 0.6 is 0 Å². The van der Waals surface area contributed by atoms with Crippen LogP contribution in [0.3, 0.4) is 0 Å². The van der Waals surface area contributed by atoms with Gasteiger partial charge in [0.1, 0.15) is 0 Å². The molecule has 2 rings (SSSR count). The molecule has 0 aliphatic carbocycles. The Morgan fingerprint density at radius 3 is 2.77 bits per heavy atom. The van der Waals surface area contributed by atoms with Gasteiger partial charge in [-0.3, -0.25) is 9.59 Å². The lowest BCUT2D eigenvalue weighted by Crippen LogP contribution is -2.40. The number of carbonyl (C=O) groups is 2. The van der Waals surface area contributed by atoms with E-state index in [0.717, 1.165) is 16.6 Å². The second-order valence-corrected chi connectivity index (χ2v) is 5.44. The third kappa shape index (κ3) is 3.65. The summed E-state index contributed by atoms with van der Waals surface area (Å²) in [5.74, 6) is -1.24. The first kappa shape index (κ1) is 16.0. The summed E-state index contributed by atoms with van der Waals surface area (Å²) in [5.41, 5.74) is 2.63. The van der Waals surface area contributed by atoms with E-state index in [9.17, 15) is 9.59 Å². The number of aromatic nitrogens is 1. The number of benzene rings is 1. The van der Waals surface area contributed by atoms with Crippen molar-refractivity contribution in [2.24, 2.45) is 0 Å². The summed E-state index contributed by atoms with van der Waals surface area (Å²) in [6.07, 6.45) is -0.124. The quantitative estimate of drug-likeness (QED) is 0.847. The van der Waals surface area contributed by atoms with Crippen molar-refractivity contribution in [1.82, 2.24) is 9.88 Å². The molecule has 0 saturated heterocycles. The van der Waals surface area contributed by atoms with Gasteiger partial charge in [-0.25, -0.2) is 0 Å². The summed E-state index contributed by atoms with van der Waals surface area (Å²) >= 11 is 0. The Balaban J connectivity index is 2.04. The average Bonchev–Trinajstić information content (AvgIpc) is 2.85. The molecule has 0 aliphatic heterocycles. The highest BCUT2D eigenvalue weighted by Gasteiger charge is 2.20. The monoisotopic (exact) mass is 303 g/mol. The number of methoxy groups -OCH3 is 1. The van der Waals surface area contributed by atoms with Crippen LogP contribution in [0.1, 0.15) is 12.6 Å². The number of carbonyl (C=O) groups excluding carboxylic acids is 2. The molecule has 0 fully saturated rings. The lowest BCUT2D eigenvalue weighted by molar-refractivity contribution is -0.143. The summed E-state index contributed by atoms with van der Waals surface area (Å²) in [5, 5.41) is 3.62. The number of aryl methyl sites for hydroxylation is 1. The molecule has 22 heavy (non-hydrogen) atoms. The van der Waals surface area contributed by atoms with Gasteiger partial charge in [0.15, 0.2) is 0 Å². The molecule has 1 aromatic carbocycles. The third-order valence-corrected chi connectivity index (χ3v) is 3.49. The molecular weight excluding hydrogens is 282 g/mol. The molecule has 1 aromatic heterocycles. The van der Waals surface area contributed by atoms with Crippen molar-refractivity contribution < 1.29 is 14.3 Å². The Labute approximate surface area is 129 Å². The number of anilines is 1. The Hall–Kier alpha value is -2.34. The van der Waals surface area contributed by atoms with E-state index >= 15 is 0 Å². The first-order chi connectivity index (χ1) is 10.4. The van der Waals surface area contributed by atoms with Crippen molar-refractivity contribution in [2.45, 2.75) is 20.0 Å². The molecule has 2 N–H and O–H groups in total. The molecule has 1 unspecified atom stereocenters.